The van der Waals surface area contributed by atoms with Crippen molar-refractivity contribution in [3.05, 3.63) is 18.2 Å². The van der Waals surface area contributed by atoms with Crippen LogP contribution in [-0.4, -0.2) is 36.2 Å². The molecule has 1 aromatic carbocycles. The molecule has 2 rings (SSSR count). The van der Waals surface area contributed by atoms with E-state index in [9.17, 15) is 9.59 Å². The molecule has 0 aliphatic carbocycles. The Morgan fingerprint density at radius 3 is 2.71 bits per heavy atom. The maximum atomic E-state index is 11.9. The lowest BCUT2D eigenvalue weighted by Gasteiger charge is -2.19. The fraction of sp³-hybridized carbons (Fsp3) is 0.438. The Morgan fingerprint density at radius 1 is 1.29 bits per heavy atom. The minimum absolute atomic E-state index is 0.137. The van der Waals surface area contributed by atoms with E-state index < -0.39 is 11.7 Å². The number of hydrogen-bond donors (Lipinski definition) is 2. The van der Waals surface area contributed by atoms with Crippen molar-refractivity contribution >= 4 is 38.7 Å². The molecule has 2 N–H and O–H groups in total. The lowest BCUT2D eigenvalue weighted by molar-refractivity contribution is -0.116. The molecule has 2 aromatic rings. The summed E-state index contributed by atoms with van der Waals surface area (Å²) >= 11 is 1.37. The molecule has 7 nitrogen and oxygen atoms in total. The van der Waals surface area contributed by atoms with Crippen LogP contribution in [-0.2, 0) is 9.53 Å². The van der Waals surface area contributed by atoms with Crippen LogP contribution in [0.5, 0.6) is 5.75 Å². The molecule has 0 bridgehead atoms. The number of anilines is 1. The molecule has 0 spiro atoms. The first-order chi connectivity index (χ1) is 11.3. The molecule has 0 aliphatic heterocycles. The molecule has 24 heavy (non-hydrogen) atoms. The number of methoxy groups -OCH3 is 1. The molecule has 0 aliphatic rings. The van der Waals surface area contributed by atoms with Crippen molar-refractivity contribution in [1.29, 1.82) is 0 Å². The summed E-state index contributed by atoms with van der Waals surface area (Å²) in [6, 6.07) is 5.52. The van der Waals surface area contributed by atoms with Gasteiger partial charge in [-0.1, -0.05) is 11.3 Å². The van der Waals surface area contributed by atoms with Gasteiger partial charge in [0.15, 0.2) is 5.13 Å². The van der Waals surface area contributed by atoms with Crippen LogP contribution in [0.15, 0.2) is 18.2 Å². The number of fused-ring (bicyclic) bond motifs is 1. The summed E-state index contributed by atoms with van der Waals surface area (Å²) in [7, 11) is 1.60. The van der Waals surface area contributed by atoms with Crippen LogP contribution in [0.4, 0.5) is 9.93 Å². The Morgan fingerprint density at radius 2 is 2.04 bits per heavy atom. The molecule has 0 radical (unpaired) electrons. The molecule has 1 aromatic heterocycles. The molecule has 2 amide bonds. The van der Waals surface area contributed by atoms with Gasteiger partial charge in [0, 0.05) is 13.0 Å². The topological polar surface area (TPSA) is 89.5 Å². The minimum atomic E-state index is -0.561. The van der Waals surface area contributed by atoms with Crippen LogP contribution in [0.3, 0.4) is 0 Å². The standard InChI is InChI=1S/C16H21N3O4S/c1-16(2,3)23-15(21)17-8-7-13(20)19-14-18-11-6-5-10(22-4)9-12(11)24-14/h5-6,9H,7-8H2,1-4H3,(H,17,21)(H,18,19,20). The van der Waals surface area contributed by atoms with Gasteiger partial charge in [0.2, 0.25) is 5.91 Å². The summed E-state index contributed by atoms with van der Waals surface area (Å²) in [5.41, 5.74) is 0.233. The number of nitrogens with zero attached hydrogens (tertiary/aromatic N) is 1. The highest BCUT2D eigenvalue weighted by molar-refractivity contribution is 7.22. The predicted octanol–water partition coefficient (Wildman–Crippen LogP) is 3.16. The second-order valence-electron chi connectivity index (χ2n) is 6.08. The Bertz CT molecular complexity index is 736. The van der Waals surface area contributed by atoms with E-state index in [1.54, 1.807) is 27.9 Å². The summed E-state index contributed by atoms with van der Waals surface area (Å²) < 4.78 is 11.2. The Kier molecular flexibility index (Phi) is 5.61. The average molecular weight is 351 g/mol. The number of rotatable bonds is 5. The number of thiazole rings is 1. The zero-order chi connectivity index (χ0) is 17.7. The van der Waals surface area contributed by atoms with Gasteiger partial charge in [-0.05, 0) is 39.0 Å². The summed E-state index contributed by atoms with van der Waals surface area (Å²) in [6.07, 6.45) is -0.402. The Labute approximate surface area is 144 Å². The highest BCUT2D eigenvalue weighted by Gasteiger charge is 2.16. The van der Waals surface area contributed by atoms with Gasteiger partial charge >= 0.3 is 6.09 Å². The molecule has 0 saturated heterocycles. The van der Waals surface area contributed by atoms with Crippen molar-refractivity contribution in [3.63, 3.8) is 0 Å². The van der Waals surface area contributed by atoms with Crippen LogP contribution >= 0.6 is 11.3 Å². The monoisotopic (exact) mass is 351 g/mol. The van der Waals surface area contributed by atoms with E-state index in [4.69, 9.17) is 9.47 Å². The third-order valence-electron chi connectivity index (χ3n) is 2.86. The summed E-state index contributed by atoms with van der Waals surface area (Å²) in [5.74, 6) is 0.516. The number of benzene rings is 1. The largest absolute Gasteiger partial charge is 0.497 e. The van der Waals surface area contributed by atoms with E-state index in [1.807, 2.05) is 18.2 Å². The van der Waals surface area contributed by atoms with Crippen molar-refractivity contribution in [3.8, 4) is 5.75 Å². The van der Waals surface area contributed by atoms with Gasteiger partial charge in [0.1, 0.15) is 11.4 Å². The SMILES string of the molecule is COc1ccc2nc(NC(=O)CCNC(=O)OC(C)(C)C)sc2c1. The van der Waals surface area contributed by atoms with Crippen molar-refractivity contribution in [1.82, 2.24) is 10.3 Å². The molecular formula is C16H21N3O4S. The Balaban J connectivity index is 1.83. The number of aromatic nitrogens is 1. The molecule has 130 valence electrons. The normalized spacial score (nSPS) is 11.2. The number of hydrogen-bond acceptors (Lipinski definition) is 6. The third kappa shape index (κ3) is 5.38. The highest BCUT2D eigenvalue weighted by Crippen LogP contribution is 2.29. The second-order valence-corrected chi connectivity index (χ2v) is 7.11. The van der Waals surface area contributed by atoms with Crippen molar-refractivity contribution < 1.29 is 19.1 Å². The first-order valence-electron chi connectivity index (χ1n) is 7.48. The number of carbonyl (C=O) groups is 2. The van der Waals surface area contributed by atoms with Gasteiger partial charge < -0.3 is 20.1 Å². The van der Waals surface area contributed by atoms with E-state index in [1.165, 1.54) is 11.3 Å². The molecule has 0 unspecified atom stereocenters. The fourth-order valence-corrected chi connectivity index (χ4v) is 2.77. The number of nitrogens with one attached hydrogen (secondary N) is 2. The zero-order valence-electron chi connectivity index (χ0n) is 14.1. The number of amides is 2. The van der Waals surface area contributed by atoms with E-state index in [-0.39, 0.29) is 18.9 Å². The van der Waals surface area contributed by atoms with Crippen LogP contribution in [0.2, 0.25) is 0 Å². The zero-order valence-corrected chi connectivity index (χ0v) is 15.0. The van der Waals surface area contributed by atoms with Gasteiger partial charge in [-0.25, -0.2) is 9.78 Å². The van der Waals surface area contributed by atoms with Gasteiger partial charge in [-0.3, -0.25) is 4.79 Å². The molecule has 0 atom stereocenters. The lowest BCUT2D eigenvalue weighted by atomic mass is 10.2. The van der Waals surface area contributed by atoms with Crippen molar-refractivity contribution in [2.45, 2.75) is 32.8 Å². The predicted molar refractivity (Wildman–Crippen MR) is 93.7 cm³/mol. The number of ether oxygens (including phenoxy) is 2. The average Bonchev–Trinajstić information content (AvgIpc) is 2.86. The smallest absolute Gasteiger partial charge is 0.407 e. The third-order valence-corrected chi connectivity index (χ3v) is 3.80. The number of alkyl carbamates (subject to hydrolysis) is 1. The van der Waals surface area contributed by atoms with Gasteiger partial charge in [-0.15, -0.1) is 0 Å². The summed E-state index contributed by atoms with van der Waals surface area (Å²) in [5, 5.41) is 5.78. The van der Waals surface area contributed by atoms with Crippen LogP contribution in [0.1, 0.15) is 27.2 Å². The van der Waals surface area contributed by atoms with Crippen molar-refractivity contribution in [2.24, 2.45) is 0 Å². The summed E-state index contributed by atoms with van der Waals surface area (Å²) in [4.78, 5) is 27.7. The first-order valence-corrected chi connectivity index (χ1v) is 8.30. The van der Waals surface area contributed by atoms with E-state index >= 15 is 0 Å². The molecular weight excluding hydrogens is 330 g/mol. The van der Waals surface area contributed by atoms with Crippen molar-refractivity contribution in [2.75, 3.05) is 19.0 Å². The molecule has 0 saturated carbocycles. The quantitative estimate of drug-likeness (QED) is 0.864. The van der Waals surface area contributed by atoms with Crippen LogP contribution in [0, 0.1) is 0 Å². The van der Waals surface area contributed by atoms with Gasteiger partial charge in [0.05, 0.1) is 17.3 Å². The second kappa shape index (κ2) is 7.48. The maximum Gasteiger partial charge on any atom is 0.407 e. The molecule has 1 heterocycles. The minimum Gasteiger partial charge on any atom is -0.497 e. The van der Waals surface area contributed by atoms with Gasteiger partial charge in [0.25, 0.3) is 0 Å². The summed E-state index contributed by atoms with van der Waals surface area (Å²) in [6.45, 7) is 5.53. The van der Waals surface area contributed by atoms with Crippen LogP contribution < -0.4 is 15.4 Å². The first kappa shape index (κ1) is 18.0. The maximum absolute atomic E-state index is 11.9. The van der Waals surface area contributed by atoms with E-state index in [2.05, 4.69) is 15.6 Å². The van der Waals surface area contributed by atoms with E-state index in [0.29, 0.717) is 5.13 Å². The lowest BCUT2D eigenvalue weighted by Crippen LogP contribution is -2.34. The molecule has 0 fully saturated rings. The fourth-order valence-electron chi connectivity index (χ4n) is 1.86. The van der Waals surface area contributed by atoms with E-state index in [0.717, 1.165) is 16.0 Å². The highest BCUT2D eigenvalue weighted by atomic mass is 32.1. The van der Waals surface area contributed by atoms with Gasteiger partial charge in [-0.2, -0.15) is 0 Å². The van der Waals surface area contributed by atoms with Crippen LogP contribution in [0.25, 0.3) is 10.2 Å². The Hall–Kier alpha value is -2.35. The number of carbonyl (C=O) groups excluding carboxylic acids is 2. The molecule has 8 heteroatoms.